The quantitative estimate of drug-likeness (QED) is 0.769. The lowest BCUT2D eigenvalue weighted by atomic mass is 9.61. The van der Waals surface area contributed by atoms with Crippen LogP contribution in [0.5, 0.6) is 0 Å². The molecule has 1 aliphatic heterocycles. The number of Topliss-reactive ketones (excluding diaryl/α,β-unsaturated/α-hetero) is 1. The molecular formula is C18H16F3N3O2. The molecule has 0 N–H and O–H groups in total. The van der Waals surface area contributed by atoms with E-state index in [-0.39, 0.29) is 16.9 Å². The van der Waals surface area contributed by atoms with Crippen molar-refractivity contribution in [3.05, 3.63) is 41.2 Å². The van der Waals surface area contributed by atoms with Crippen LogP contribution in [-0.4, -0.2) is 34.7 Å². The summed E-state index contributed by atoms with van der Waals surface area (Å²) < 4.78 is 37.7. The fourth-order valence-electron chi connectivity index (χ4n) is 3.76. The number of allylic oxidation sites excluding steroid dienone is 1. The van der Waals surface area contributed by atoms with Gasteiger partial charge in [0.25, 0.3) is 5.91 Å². The highest BCUT2D eigenvalue weighted by Crippen LogP contribution is 2.48. The van der Waals surface area contributed by atoms with E-state index in [0.29, 0.717) is 19.5 Å². The Labute approximate surface area is 148 Å². The molecule has 0 radical (unpaired) electrons. The molecule has 0 bridgehead atoms. The molecule has 0 unspecified atom stereocenters. The van der Waals surface area contributed by atoms with Gasteiger partial charge in [-0.25, -0.2) is 0 Å². The van der Waals surface area contributed by atoms with Crippen molar-refractivity contribution in [2.24, 2.45) is 10.8 Å². The van der Waals surface area contributed by atoms with Crippen molar-refractivity contribution in [2.75, 3.05) is 13.1 Å². The van der Waals surface area contributed by atoms with Gasteiger partial charge in [0.1, 0.15) is 11.8 Å². The van der Waals surface area contributed by atoms with Gasteiger partial charge in [-0.15, -0.1) is 0 Å². The van der Waals surface area contributed by atoms with E-state index in [1.54, 1.807) is 19.9 Å². The lowest BCUT2D eigenvalue weighted by molar-refractivity contribution is -0.141. The molecule has 1 spiro atoms. The zero-order chi connectivity index (χ0) is 19.3. The van der Waals surface area contributed by atoms with Crippen molar-refractivity contribution in [3.8, 4) is 6.07 Å². The molecule has 5 nitrogen and oxygen atoms in total. The van der Waals surface area contributed by atoms with Gasteiger partial charge in [-0.1, -0.05) is 19.9 Å². The third kappa shape index (κ3) is 2.98. The molecule has 1 saturated heterocycles. The molecule has 26 heavy (non-hydrogen) atoms. The van der Waals surface area contributed by atoms with Crippen LogP contribution >= 0.6 is 0 Å². The first-order chi connectivity index (χ1) is 12.0. The Hall–Kier alpha value is -2.69. The Balaban J connectivity index is 1.75. The molecule has 0 saturated carbocycles. The van der Waals surface area contributed by atoms with E-state index in [1.165, 1.54) is 4.90 Å². The minimum Gasteiger partial charge on any atom is -0.337 e. The molecule has 1 aliphatic carbocycles. The van der Waals surface area contributed by atoms with E-state index in [4.69, 9.17) is 0 Å². The van der Waals surface area contributed by atoms with E-state index in [1.807, 2.05) is 6.07 Å². The average molecular weight is 363 g/mol. The monoisotopic (exact) mass is 363 g/mol. The molecule has 1 fully saturated rings. The van der Waals surface area contributed by atoms with Crippen LogP contribution in [0.2, 0.25) is 0 Å². The number of carbonyl (C=O) groups is 2. The highest BCUT2D eigenvalue weighted by atomic mass is 19.4. The van der Waals surface area contributed by atoms with Crippen molar-refractivity contribution >= 4 is 11.7 Å². The van der Waals surface area contributed by atoms with Gasteiger partial charge in [0.2, 0.25) is 0 Å². The smallest absolute Gasteiger partial charge is 0.337 e. The molecule has 0 atom stereocenters. The maximum atomic E-state index is 12.6. The Kier molecular flexibility index (Phi) is 3.94. The van der Waals surface area contributed by atoms with Crippen LogP contribution in [0.3, 0.4) is 0 Å². The maximum absolute atomic E-state index is 12.6. The van der Waals surface area contributed by atoms with Crippen LogP contribution in [0.15, 0.2) is 30.0 Å². The van der Waals surface area contributed by atoms with E-state index in [9.17, 15) is 28.0 Å². The fourth-order valence-corrected chi connectivity index (χ4v) is 3.76. The van der Waals surface area contributed by atoms with E-state index < -0.39 is 28.6 Å². The molecule has 1 aromatic rings. The Morgan fingerprint density at radius 2 is 1.96 bits per heavy atom. The lowest BCUT2D eigenvalue weighted by Gasteiger charge is -2.53. The first-order valence-electron chi connectivity index (χ1n) is 7.98. The number of aromatic nitrogens is 1. The van der Waals surface area contributed by atoms with Crippen LogP contribution in [0.4, 0.5) is 13.2 Å². The minimum absolute atomic E-state index is 0.0727. The van der Waals surface area contributed by atoms with Crippen molar-refractivity contribution < 1.29 is 22.8 Å². The number of carbonyl (C=O) groups excluding carboxylic acids is 2. The number of alkyl halides is 3. The highest BCUT2D eigenvalue weighted by molar-refractivity contribution is 6.04. The summed E-state index contributed by atoms with van der Waals surface area (Å²) in [7, 11) is 0. The van der Waals surface area contributed by atoms with Crippen LogP contribution in [-0.2, 0) is 11.0 Å². The number of hydrogen-bond acceptors (Lipinski definition) is 4. The number of halogens is 3. The Morgan fingerprint density at radius 1 is 1.31 bits per heavy atom. The predicted octanol–water partition coefficient (Wildman–Crippen LogP) is 2.99. The summed E-state index contributed by atoms with van der Waals surface area (Å²) in [6, 6.07) is 3.80. The second-order valence-corrected chi connectivity index (χ2v) is 7.51. The number of likely N-dealkylation sites (tertiary alicyclic amines) is 1. The topological polar surface area (TPSA) is 74.1 Å². The first-order valence-corrected chi connectivity index (χ1v) is 7.98. The lowest BCUT2D eigenvalue weighted by Crippen LogP contribution is -2.60. The molecule has 1 aromatic heterocycles. The summed E-state index contributed by atoms with van der Waals surface area (Å²) in [4.78, 5) is 29.4. The molecular weight excluding hydrogens is 347 g/mol. The number of amides is 1. The van der Waals surface area contributed by atoms with Crippen LogP contribution in [0.25, 0.3) is 0 Å². The van der Waals surface area contributed by atoms with Gasteiger partial charge in [-0.3, -0.25) is 14.6 Å². The van der Waals surface area contributed by atoms with Gasteiger partial charge in [-0.2, -0.15) is 18.4 Å². The molecule has 1 amide bonds. The molecule has 2 aliphatic rings. The molecule has 8 heteroatoms. The summed E-state index contributed by atoms with van der Waals surface area (Å²) in [5.41, 5.74) is -2.02. The van der Waals surface area contributed by atoms with Crippen LogP contribution in [0.1, 0.15) is 36.3 Å². The van der Waals surface area contributed by atoms with Crippen molar-refractivity contribution in [1.29, 1.82) is 5.26 Å². The van der Waals surface area contributed by atoms with E-state index in [0.717, 1.165) is 18.3 Å². The number of hydrogen-bond donors (Lipinski definition) is 0. The summed E-state index contributed by atoms with van der Waals surface area (Å²) in [5, 5.41) is 9.17. The second-order valence-electron chi connectivity index (χ2n) is 7.51. The number of ketones is 1. The first kappa shape index (κ1) is 18.1. The standard InChI is InChI=1S/C18H16F3N3O2/c1-16(2)8-17(5-12(6-22)14(16)25)9-24(10-17)15(26)11-3-4-13(23-7-11)18(19,20)21/h3-5,7H,8-10H2,1-2H3. The van der Waals surface area contributed by atoms with Gasteiger partial charge >= 0.3 is 6.18 Å². The number of pyridine rings is 1. The summed E-state index contributed by atoms with van der Waals surface area (Å²) in [6.07, 6.45) is -1.49. The van der Waals surface area contributed by atoms with Crippen molar-refractivity contribution in [3.63, 3.8) is 0 Å². The Morgan fingerprint density at radius 3 is 2.46 bits per heavy atom. The van der Waals surface area contributed by atoms with Crippen LogP contribution in [0, 0.1) is 22.2 Å². The van der Waals surface area contributed by atoms with Crippen LogP contribution < -0.4 is 0 Å². The van der Waals surface area contributed by atoms with Gasteiger partial charge in [0.05, 0.1) is 11.1 Å². The van der Waals surface area contributed by atoms with Gasteiger partial charge in [-0.05, 0) is 18.6 Å². The van der Waals surface area contributed by atoms with Gasteiger partial charge in [0, 0.05) is 30.1 Å². The summed E-state index contributed by atoms with van der Waals surface area (Å²) in [6.45, 7) is 4.17. The zero-order valence-electron chi connectivity index (χ0n) is 14.2. The third-order valence-corrected chi connectivity index (χ3v) is 4.82. The van der Waals surface area contributed by atoms with E-state index in [2.05, 4.69) is 4.98 Å². The highest BCUT2D eigenvalue weighted by Gasteiger charge is 2.52. The van der Waals surface area contributed by atoms with E-state index >= 15 is 0 Å². The number of nitriles is 1. The van der Waals surface area contributed by atoms with Gasteiger partial charge < -0.3 is 4.90 Å². The average Bonchev–Trinajstić information content (AvgIpc) is 2.53. The van der Waals surface area contributed by atoms with Crippen molar-refractivity contribution in [2.45, 2.75) is 26.4 Å². The largest absolute Gasteiger partial charge is 0.433 e. The maximum Gasteiger partial charge on any atom is 0.433 e. The van der Waals surface area contributed by atoms with Crippen molar-refractivity contribution in [1.82, 2.24) is 9.88 Å². The number of nitrogens with zero attached hydrogens (tertiary/aromatic N) is 3. The molecule has 0 aromatic carbocycles. The molecule has 136 valence electrons. The third-order valence-electron chi connectivity index (χ3n) is 4.82. The Bertz CT molecular complexity index is 842. The number of rotatable bonds is 1. The zero-order valence-corrected chi connectivity index (χ0v) is 14.2. The fraction of sp³-hybridized carbons (Fsp3) is 0.444. The SMILES string of the molecule is CC1(C)CC2(C=C(C#N)C1=O)CN(C(=O)c1ccc(C(F)(F)F)nc1)C2. The minimum atomic E-state index is -4.55. The molecule has 2 heterocycles. The summed E-state index contributed by atoms with van der Waals surface area (Å²) in [5.74, 6) is -0.624. The molecule has 3 rings (SSSR count). The second kappa shape index (κ2) is 5.66. The normalized spacial score (nSPS) is 21.0. The predicted molar refractivity (Wildman–Crippen MR) is 84.7 cm³/mol. The summed E-state index contributed by atoms with van der Waals surface area (Å²) >= 11 is 0. The van der Waals surface area contributed by atoms with Gasteiger partial charge in [0.15, 0.2) is 5.78 Å².